The van der Waals surface area contributed by atoms with Gasteiger partial charge in [0.15, 0.2) is 5.82 Å². The molecule has 1 heterocycles. The monoisotopic (exact) mass is 308 g/mol. The highest BCUT2D eigenvalue weighted by molar-refractivity contribution is 7.92. The number of aryl methyl sites for hydroxylation is 1. The van der Waals surface area contributed by atoms with Crippen LogP contribution in [0.4, 0.5) is 5.82 Å². The van der Waals surface area contributed by atoms with Crippen LogP contribution in [0.25, 0.3) is 6.08 Å². The van der Waals surface area contributed by atoms with Gasteiger partial charge < -0.3 is 9.63 Å². The maximum absolute atomic E-state index is 12.3. The Bertz CT molecular complexity index is 779. The Hall–Kier alpha value is -2.61. The summed E-state index contributed by atoms with van der Waals surface area (Å²) in [5.74, 6) is -1.04. The number of sulfonamides is 1. The van der Waals surface area contributed by atoms with Crippen LogP contribution in [-0.2, 0) is 14.8 Å². The fraction of sp³-hybridized carbons (Fsp3) is 0.0769. The number of nitrogens with one attached hydrogen (secondary N) is 1. The summed E-state index contributed by atoms with van der Waals surface area (Å²) in [6.07, 6.45) is 3.50. The van der Waals surface area contributed by atoms with Gasteiger partial charge in [-0.25, -0.2) is 13.2 Å². The maximum atomic E-state index is 12.3. The van der Waals surface area contributed by atoms with Crippen molar-refractivity contribution in [3.8, 4) is 0 Å². The second-order valence-electron chi connectivity index (χ2n) is 4.19. The minimum Gasteiger partial charge on any atom is -0.478 e. The summed E-state index contributed by atoms with van der Waals surface area (Å²) in [5, 5.41) is 12.1. The lowest BCUT2D eigenvalue weighted by atomic mass is 10.1. The first-order chi connectivity index (χ1) is 9.88. The van der Waals surface area contributed by atoms with Crippen molar-refractivity contribution in [1.29, 1.82) is 0 Å². The number of hydrogen-bond acceptors (Lipinski definition) is 5. The van der Waals surface area contributed by atoms with E-state index in [2.05, 4.69) is 14.4 Å². The van der Waals surface area contributed by atoms with E-state index in [0.717, 1.165) is 6.08 Å². The van der Waals surface area contributed by atoms with Gasteiger partial charge >= 0.3 is 5.97 Å². The lowest BCUT2D eigenvalue weighted by molar-refractivity contribution is -0.131. The molecule has 0 saturated heterocycles. The average Bonchev–Trinajstić information content (AvgIpc) is 2.89. The second-order valence-corrected chi connectivity index (χ2v) is 5.84. The number of aliphatic carboxylic acids is 1. The number of benzene rings is 1. The molecule has 2 aromatic rings. The third-order valence-corrected chi connectivity index (χ3v) is 4.09. The summed E-state index contributed by atoms with van der Waals surface area (Å²) >= 11 is 0. The number of rotatable bonds is 5. The number of hydrogen-bond donors (Lipinski definition) is 2. The molecule has 0 atom stereocenters. The van der Waals surface area contributed by atoms with Crippen molar-refractivity contribution in [3.05, 3.63) is 47.7 Å². The topological polar surface area (TPSA) is 110 Å². The Labute approximate surface area is 120 Å². The molecule has 8 heteroatoms. The van der Waals surface area contributed by atoms with Crippen LogP contribution in [0, 0.1) is 6.92 Å². The lowest BCUT2D eigenvalue weighted by Crippen LogP contribution is -2.14. The van der Waals surface area contributed by atoms with E-state index in [-0.39, 0.29) is 10.7 Å². The van der Waals surface area contributed by atoms with Crippen molar-refractivity contribution in [2.24, 2.45) is 0 Å². The van der Waals surface area contributed by atoms with Crippen molar-refractivity contribution in [2.75, 3.05) is 4.72 Å². The van der Waals surface area contributed by atoms with Gasteiger partial charge in [-0.1, -0.05) is 17.3 Å². The highest BCUT2D eigenvalue weighted by atomic mass is 32.2. The van der Waals surface area contributed by atoms with Crippen LogP contribution in [0.5, 0.6) is 0 Å². The smallest absolute Gasteiger partial charge is 0.328 e. The Morgan fingerprint density at radius 1 is 1.38 bits per heavy atom. The molecule has 2 N–H and O–H groups in total. The number of carboxylic acid groups (broad SMARTS) is 1. The molecular weight excluding hydrogens is 296 g/mol. The van der Waals surface area contributed by atoms with Gasteiger partial charge in [-0.2, -0.15) is 0 Å². The fourth-order valence-corrected chi connectivity index (χ4v) is 2.91. The molecule has 1 aromatic carbocycles. The van der Waals surface area contributed by atoms with Crippen LogP contribution in [0.2, 0.25) is 0 Å². The molecule has 0 unspecified atom stereocenters. The number of nitrogens with zero attached hydrogens (tertiary/aromatic N) is 1. The molecule has 0 bridgehead atoms. The summed E-state index contributed by atoms with van der Waals surface area (Å²) in [6.45, 7) is 1.64. The molecule has 0 saturated carbocycles. The Kier molecular flexibility index (Phi) is 4.08. The van der Waals surface area contributed by atoms with Gasteiger partial charge in [0.1, 0.15) is 6.26 Å². The molecule has 0 amide bonds. The highest BCUT2D eigenvalue weighted by Gasteiger charge is 2.18. The van der Waals surface area contributed by atoms with Crippen molar-refractivity contribution < 1.29 is 22.8 Å². The zero-order valence-electron chi connectivity index (χ0n) is 11.0. The molecule has 0 aliphatic heterocycles. The SMILES string of the molecule is Cc1ccc(C=CC(=O)O)cc1S(=O)(=O)Nc1ccon1. The maximum Gasteiger partial charge on any atom is 0.328 e. The largest absolute Gasteiger partial charge is 0.478 e. The van der Waals surface area contributed by atoms with E-state index in [4.69, 9.17) is 5.11 Å². The lowest BCUT2D eigenvalue weighted by Gasteiger charge is -2.09. The molecule has 0 fully saturated rings. The van der Waals surface area contributed by atoms with Crippen molar-refractivity contribution in [3.63, 3.8) is 0 Å². The first kappa shape index (κ1) is 14.8. The van der Waals surface area contributed by atoms with E-state index in [1.54, 1.807) is 19.1 Å². The Balaban J connectivity index is 2.38. The second kappa shape index (κ2) is 5.80. The van der Waals surface area contributed by atoms with Crippen molar-refractivity contribution in [1.82, 2.24) is 5.16 Å². The van der Waals surface area contributed by atoms with Crippen LogP contribution in [0.1, 0.15) is 11.1 Å². The molecule has 2 rings (SSSR count). The van der Waals surface area contributed by atoms with Gasteiger partial charge in [-0.15, -0.1) is 0 Å². The summed E-state index contributed by atoms with van der Waals surface area (Å²) in [7, 11) is -3.83. The molecule has 21 heavy (non-hydrogen) atoms. The van der Waals surface area contributed by atoms with E-state index in [1.807, 2.05) is 0 Å². The summed E-state index contributed by atoms with van der Waals surface area (Å²) in [6, 6.07) is 5.99. The van der Waals surface area contributed by atoms with Crippen LogP contribution in [0.15, 0.2) is 46.0 Å². The molecule has 7 nitrogen and oxygen atoms in total. The van der Waals surface area contributed by atoms with Gasteiger partial charge in [0.2, 0.25) is 0 Å². The van der Waals surface area contributed by atoms with E-state index in [1.165, 1.54) is 24.5 Å². The van der Waals surface area contributed by atoms with Gasteiger partial charge in [0, 0.05) is 12.1 Å². The summed E-state index contributed by atoms with van der Waals surface area (Å²) < 4.78 is 31.4. The minimum absolute atomic E-state index is 0.0399. The minimum atomic E-state index is -3.83. The molecule has 0 spiro atoms. The van der Waals surface area contributed by atoms with E-state index in [9.17, 15) is 13.2 Å². The highest BCUT2D eigenvalue weighted by Crippen LogP contribution is 2.20. The van der Waals surface area contributed by atoms with E-state index in [0.29, 0.717) is 11.1 Å². The molecule has 0 radical (unpaired) electrons. The van der Waals surface area contributed by atoms with Gasteiger partial charge in [-0.3, -0.25) is 4.72 Å². The average molecular weight is 308 g/mol. The van der Waals surface area contributed by atoms with Crippen molar-refractivity contribution in [2.45, 2.75) is 11.8 Å². The zero-order valence-corrected chi connectivity index (χ0v) is 11.8. The third-order valence-electron chi connectivity index (χ3n) is 2.60. The molecule has 110 valence electrons. The quantitative estimate of drug-likeness (QED) is 0.816. The number of carboxylic acids is 1. The first-order valence-electron chi connectivity index (χ1n) is 5.83. The van der Waals surface area contributed by atoms with E-state index < -0.39 is 16.0 Å². The third kappa shape index (κ3) is 3.69. The summed E-state index contributed by atoms with van der Waals surface area (Å²) in [4.78, 5) is 10.5. The number of carbonyl (C=O) groups is 1. The Morgan fingerprint density at radius 2 is 2.14 bits per heavy atom. The predicted octanol–water partition coefficient (Wildman–Crippen LogP) is 1.88. The van der Waals surface area contributed by atoms with Gasteiger partial charge in [0.05, 0.1) is 4.90 Å². The standard InChI is InChI=1S/C13H12N2O5S/c1-9-2-3-10(4-5-13(16)17)8-11(9)21(18,19)15-12-6-7-20-14-12/h2-8H,1H3,(H,14,15)(H,16,17). The van der Waals surface area contributed by atoms with Crippen LogP contribution in [0.3, 0.4) is 0 Å². The number of anilines is 1. The molecular formula is C13H12N2O5S. The normalized spacial score (nSPS) is 11.7. The van der Waals surface area contributed by atoms with Crippen LogP contribution < -0.4 is 4.72 Å². The van der Waals surface area contributed by atoms with Crippen LogP contribution in [-0.4, -0.2) is 24.7 Å². The molecule has 0 aliphatic rings. The molecule has 1 aromatic heterocycles. The van der Waals surface area contributed by atoms with E-state index >= 15 is 0 Å². The van der Waals surface area contributed by atoms with Crippen molar-refractivity contribution >= 4 is 27.9 Å². The van der Waals surface area contributed by atoms with Gasteiger partial charge in [-0.05, 0) is 30.2 Å². The van der Waals surface area contributed by atoms with Gasteiger partial charge in [0.25, 0.3) is 10.0 Å². The summed E-state index contributed by atoms with van der Waals surface area (Å²) in [5.41, 5.74) is 0.988. The van der Waals surface area contributed by atoms with Crippen LogP contribution >= 0.6 is 0 Å². The fourth-order valence-electron chi connectivity index (χ4n) is 1.64. The first-order valence-corrected chi connectivity index (χ1v) is 7.32. The Morgan fingerprint density at radius 3 is 2.76 bits per heavy atom. The zero-order chi connectivity index (χ0) is 15.5. The predicted molar refractivity (Wildman–Crippen MR) is 75.2 cm³/mol. The number of aromatic nitrogens is 1. The molecule has 0 aliphatic carbocycles.